The van der Waals surface area contributed by atoms with Crippen molar-refractivity contribution in [3.8, 4) is 0 Å². The molecule has 1 saturated carbocycles. The zero-order chi connectivity index (χ0) is 14.5. The highest BCUT2D eigenvalue weighted by Gasteiger charge is 2.28. The summed E-state index contributed by atoms with van der Waals surface area (Å²) in [7, 11) is 3.49. The molecule has 1 aliphatic carbocycles. The molecular formula is C14H25N3O3. The lowest BCUT2D eigenvalue weighted by Crippen LogP contribution is -2.46. The van der Waals surface area contributed by atoms with Crippen molar-refractivity contribution < 1.29 is 14.4 Å². The highest BCUT2D eigenvalue weighted by molar-refractivity contribution is 5.78. The third-order valence-electron chi connectivity index (χ3n) is 4.15. The van der Waals surface area contributed by atoms with E-state index in [1.54, 1.807) is 23.9 Å². The summed E-state index contributed by atoms with van der Waals surface area (Å²) < 4.78 is 0. The molecule has 0 unspecified atom stereocenters. The summed E-state index contributed by atoms with van der Waals surface area (Å²) in [5.41, 5.74) is 2.61. The highest BCUT2D eigenvalue weighted by Crippen LogP contribution is 2.21. The monoisotopic (exact) mass is 283 g/mol. The van der Waals surface area contributed by atoms with E-state index in [0.717, 1.165) is 12.8 Å². The van der Waals surface area contributed by atoms with E-state index < -0.39 is 0 Å². The van der Waals surface area contributed by atoms with Gasteiger partial charge in [0.15, 0.2) is 0 Å². The molecule has 0 bridgehead atoms. The van der Waals surface area contributed by atoms with E-state index in [2.05, 4.69) is 5.48 Å². The maximum absolute atomic E-state index is 12.0. The second-order valence-electron chi connectivity index (χ2n) is 5.93. The molecule has 1 N–H and O–H groups in total. The smallest absolute Gasteiger partial charge is 0.319 e. The number of likely N-dealkylation sites (tertiary alicyclic amines) is 1. The SMILES string of the molecule is CN(C)C(=O)N1CCC(C(=O)NOC2CCCC2)CC1. The quantitative estimate of drug-likeness (QED) is 0.796. The molecule has 0 spiro atoms. The van der Waals surface area contributed by atoms with Crippen molar-refractivity contribution in [1.82, 2.24) is 15.3 Å². The van der Waals surface area contributed by atoms with Crippen LogP contribution in [0.1, 0.15) is 38.5 Å². The van der Waals surface area contributed by atoms with E-state index in [-0.39, 0.29) is 24.0 Å². The van der Waals surface area contributed by atoms with Gasteiger partial charge in [0.1, 0.15) is 0 Å². The largest absolute Gasteiger partial charge is 0.331 e. The molecule has 3 amide bonds. The summed E-state index contributed by atoms with van der Waals surface area (Å²) in [6.45, 7) is 1.27. The van der Waals surface area contributed by atoms with Gasteiger partial charge in [-0.2, -0.15) is 0 Å². The molecule has 0 aromatic carbocycles. The van der Waals surface area contributed by atoms with Crippen molar-refractivity contribution in [3.63, 3.8) is 0 Å². The van der Waals surface area contributed by atoms with Gasteiger partial charge in [0.2, 0.25) is 5.91 Å². The van der Waals surface area contributed by atoms with Crippen LogP contribution in [-0.2, 0) is 9.63 Å². The van der Waals surface area contributed by atoms with E-state index in [1.165, 1.54) is 12.8 Å². The Bertz CT molecular complexity index is 346. The Kier molecular flexibility index (Phi) is 5.23. The van der Waals surface area contributed by atoms with Crippen molar-refractivity contribution in [2.24, 2.45) is 5.92 Å². The molecule has 1 aliphatic heterocycles. The predicted octanol–water partition coefficient (Wildman–Crippen LogP) is 1.37. The van der Waals surface area contributed by atoms with Crippen molar-refractivity contribution in [2.45, 2.75) is 44.6 Å². The van der Waals surface area contributed by atoms with E-state index >= 15 is 0 Å². The number of hydroxylamine groups is 1. The minimum absolute atomic E-state index is 0.0195. The first-order chi connectivity index (χ1) is 9.58. The minimum Gasteiger partial charge on any atom is -0.331 e. The van der Waals surface area contributed by atoms with Crippen LogP contribution in [0.3, 0.4) is 0 Å². The van der Waals surface area contributed by atoms with Crippen LogP contribution < -0.4 is 5.48 Å². The van der Waals surface area contributed by atoms with Gasteiger partial charge in [0.25, 0.3) is 0 Å². The van der Waals surface area contributed by atoms with Gasteiger partial charge >= 0.3 is 6.03 Å². The number of piperidine rings is 1. The lowest BCUT2D eigenvalue weighted by Gasteiger charge is -2.33. The maximum atomic E-state index is 12.0. The van der Waals surface area contributed by atoms with Crippen LogP contribution in [0.2, 0.25) is 0 Å². The van der Waals surface area contributed by atoms with Crippen LogP contribution in [-0.4, -0.2) is 55.0 Å². The van der Waals surface area contributed by atoms with Gasteiger partial charge in [-0.25, -0.2) is 10.3 Å². The minimum atomic E-state index is -0.0392. The van der Waals surface area contributed by atoms with E-state index in [4.69, 9.17) is 4.84 Å². The Balaban J connectivity index is 1.70. The highest BCUT2D eigenvalue weighted by atomic mass is 16.7. The number of rotatable bonds is 3. The van der Waals surface area contributed by atoms with Gasteiger partial charge in [0, 0.05) is 33.1 Å². The van der Waals surface area contributed by atoms with E-state index in [0.29, 0.717) is 25.9 Å². The van der Waals surface area contributed by atoms with Crippen LogP contribution in [0.4, 0.5) is 4.79 Å². The first kappa shape index (κ1) is 15.1. The van der Waals surface area contributed by atoms with Gasteiger partial charge < -0.3 is 9.80 Å². The van der Waals surface area contributed by atoms with Gasteiger partial charge in [-0.05, 0) is 25.7 Å². The van der Waals surface area contributed by atoms with Crippen LogP contribution in [0.15, 0.2) is 0 Å². The molecule has 2 rings (SSSR count). The Morgan fingerprint density at radius 3 is 2.25 bits per heavy atom. The molecule has 2 aliphatic rings. The first-order valence-electron chi connectivity index (χ1n) is 7.49. The number of carbonyl (C=O) groups is 2. The van der Waals surface area contributed by atoms with E-state index in [1.807, 2.05) is 0 Å². The molecular weight excluding hydrogens is 258 g/mol. The van der Waals surface area contributed by atoms with Crippen molar-refractivity contribution in [3.05, 3.63) is 0 Å². The van der Waals surface area contributed by atoms with Crippen LogP contribution in [0.5, 0.6) is 0 Å². The molecule has 0 atom stereocenters. The number of urea groups is 1. The third-order valence-corrected chi connectivity index (χ3v) is 4.15. The second-order valence-corrected chi connectivity index (χ2v) is 5.93. The predicted molar refractivity (Wildman–Crippen MR) is 74.9 cm³/mol. The van der Waals surface area contributed by atoms with Gasteiger partial charge in [0.05, 0.1) is 6.10 Å². The fourth-order valence-corrected chi connectivity index (χ4v) is 2.85. The van der Waals surface area contributed by atoms with E-state index in [9.17, 15) is 9.59 Å². The normalized spacial score (nSPS) is 21.0. The number of carbonyl (C=O) groups excluding carboxylic acids is 2. The second kappa shape index (κ2) is 6.92. The summed E-state index contributed by atoms with van der Waals surface area (Å²) in [5, 5.41) is 0. The molecule has 1 saturated heterocycles. The summed E-state index contributed by atoms with van der Waals surface area (Å²) in [5.74, 6) is -0.0727. The summed E-state index contributed by atoms with van der Waals surface area (Å²) >= 11 is 0. The number of nitrogens with zero attached hydrogens (tertiary/aromatic N) is 2. The Labute approximate surface area is 120 Å². The summed E-state index contributed by atoms with van der Waals surface area (Å²) in [6, 6.07) is 0.0195. The third kappa shape index (κ3) is 3.85. The van der Waals surface area contributed by atoms with Crippen molar-refractivity contribution in [1.29, 1.82) is 0 Å². The Hall–Kier alpha value is -1.30. The first-order valence-corrected chi connectivity index (χ1v) is 7.49. The standard InChI is InChI=1S/C14H25N3O3/c1-16(2)14(19)17-9-7-11(8-10-17)13(18)15-20-12-5-3-4-6-12/h11-12H,3-10H2,1-2H3,(H,15,18). The van der Waals surface area contributed by atoms with Crippen molar-refractivity contribution >= 4 is 11.9 Å². The Morgan fingerprint density at radius 1 is 1.10 bits per heavy atom. The molecule has 1 heterocycles. The lowest BCUT2D eigenvalue weighted by atomic mass is 9.96. The summed E-state index contributed by atoms with van der Waals surface area (Å²) in [4.78, 5) is 32.6. The number of hydrogen-bond donors (Lipinski definition) is 1. The zero-order valence-electron chi connectivity index (χ0n) is 12.4. The molecule has 20 heavy (non-hydrogen) atoms. The van der Waals surface area contributed by atoms with Crippen LogP contribution in [0.25, 0.3) is 0 Å². The van der Waals surface area contributed by atoms with Crippen molar-refractivity contribution in [2.75, 3.05) is 27.2 Å². The fourth-order valence-electron chi connectivity index (χ4n) is 2.85. The average Bonchev–Trinajstić information content (AvgIpc) is 2.97. The molecule has 6 nitrogen and oxygen atoms in total. The van der Waals surface area contributed by atoms with Crippen LogP contribution in [0, 0.1) is 5.92 Å². The molecule has 0 aromatic heterocycles. The fraction of sp³-hybridized carbons (Fsp3) is 0.857. The number of hydrogen-bond acceptors (Lipinski definition) is 3. The average molecular weight is 283 g/mol. The zero-order valence-corrected chi connectivity index (χ0v) is 12.4. The van der Waals surface area contributed by atoms with Gasteiger partial charge in [-0.3, -0.25) is 9.63 Å². The summed E-state index contributed by atoms with van der Waals surface area (Å²) in [6.07, 6.45) is 6.05. The maximum Gasteiger partial charge on any atom is 0.319 e. The Morgan fingerprint density at radius 2 is 1.70 bits per heavy atom. The van der Waals surface area contributed by atoms with Crippen LogP contribution >= 0.6 is 0 Å². The molecule has 0 aromatic rings. The molecule has 0 radical (unpaired) electrons. The molecule has 114 valence electrons. The number of nitrogens with one attached hydrogen (secondary N) is 1. The van der Waals surface area contributed by atoms with Gasteiger partial charge in [-0.1, -0.05) is 12.8 Å². The number of amides is 3. The van der Waals surface area contributed by atoms with Gasteiger partial charge in [-0.15, -0.1) is 0 Å². The lowest BCUT2D eigenvalue weighted by molar-refractivity contribution is -0.143. The topological polar surface area (TPSA) is 61.9 Å². The molecule has 6 heteroatoms. The molecule has 2 fully saturated rings.